The average Bonchev–Trinajstić information content (AvgIpc) is 2.93. The first-order valence-electron chi connectivity index (χ1n) is 9.30. The van der Waals surface area contributed by atoms with Crippen LogP contribution in [0.4, 0.5) is 0 Å². The van der Waals surface area contributed by atoms with Crippen molar-refractivity contribution in [2.75, 3.05) is 26.2 Å². The molecule has 2 amide bonds. The van der Waals surface area contributed by atoms with Gasteiger partial charge in [-0.15, -0.1) is 0 Å². The van der Waals surface area contributed by atoms with Crippen LogP contribution in [0.5, 0.6) is 0 Å². The Morgan fingerprint density at radius 2 is 1.77 bits per heavy atom. The standard InChI is InChI=1S/C20H26ClN3O2/c1-4-23(5-2)19(25)14-10-12-24(13-11-14)20(26)18-17(21)15-8-6-7-9-16(15)22(18)3/h6-9,14H,4-5,10-13H2,1-3H3. The molecule has 0 radical (unpaired) electrons. The number of fused-ring (bicyclic) bond motifs is 1. The molecule has 1 aliphatic rings. The minimum Gasteiger partial charge on any atom is -0.343 e. The number of hydrogen-bond donors (Lipinski definition) is 0. The maximum absolute atomic E-state index is 13.1. The van der Waals surface area contributed by atoms with Crippen LogP contribution < -0.4 is 0 Å². The van der Waals surface area contributed by atoms with Crippen LogP contribution in [0.1, 0.15) is 37.2 Å². The van der Waals surface area contributed by atoms with Gasteiger partial charge >= 0.3 is 0 Å². The van der Waals surface area contributed by atoms with Crippen LogP contribution in [0.3, 0.4) is 0 Å². The summed E-state index contributed by atoms with van der Waals surface area (Å²) in [5, 5.41) is 1.40. The summed E-state index contributed by atoms with van der Waals surface area (Å²) >= 11 is 6.51. The lowest BCUT2D eigenvalue weighted by Gasteiger charge is -2.33. The number of aromatic nitrogens is 1. The minimum atomic E-state index is -0.0533. The maximum Gasteiger partial charge on any atom is 0.272 e. The number of carbonyl (C=O) groups is 2. The molecule has 0 N–H and O–H groups in total. The van der Waals surface area contributed by atoms with Gasteiger partial charge in [0.05, 0.1) is 5.02 Å². The highest BCUT2D eigenvalue weighted by atomic mass is 35.5. The van der Waals surface area contributed by atoms with Crippen molar-refractivity contribution in [3.05, 3.63) is 35.0 Å². The quantitative estimate of drug-likeness (QED) is 0.820. The Balaban J connectivity index is 1.75. The highest BCUT2D eigenvalue weighted by Crippen LogP contribution is 2.31. The molecule has 140 valence electrons. The molecule has 0 unspecified atom stereocenters. The van der Waals surface area contributed by atoms with Crippen molar-refractivity contribution >= 4 is 34.3 Å². The summed E-state index contributed by atoms with van der Waals surface area (Å²) in [6, 6.07) is 7.76. The van der Waals surface area contributed by atoms with Crippen molar-refractivity contribution in [1.82, 2.24) is 14.4 Å². The van der Waals surface area contributed by atoms with Crippen molar-refractivity contribution in [3.8, 4) is 0 Å². The Kier molecular flexibility index (Phi) is 5.56. The molecule has 0 bridgehead atoms. The minimum absolute atomic E-state index is 0.0157. The lowest BCUT2D eigenvalue weighted by atomic mass is 9.95. The Morgan fingerprint density at radius 1 is 1.15 bits per heavy atom. The summed E-state index contributed by atoms with van der Waals surface area (Å²) in [5.41, 5.74) is 1.48. The van der Waals surface area contributed by atoms with Crippen LogP contribution in [0.2, 0.25) is 5.02 Å². The van der Waals surface area contributed by atoms with E-state index in [1.54, 1.807) is 0 Å². The normalized spacial score (nSPS) is 15.5. The highest BCUT2D eigenvalue weighted by Gasteiger charge is 2.31. The molecule has 2 heterocycles. The molecule has 2 aromatic rings. The predicted molar refractivity (Wildman–Crippen MR) is 104 cm³/mol. The highest BCUT2D eigenvalue weighted by molar-refractivity contribution is 6.38. The van der Waals surface area contributed by atoms with Gasteiger partial charge in [-0.1, -0.05) is 29.8 Å². The third-order valence-corrected chi connectivity index (χ3v) is 5.84. The van der Waals surface area contributed by atoms with Gasteiger partial charge in [0.25, 0.3) is 5.91 Å². The van der Waals surface area contributed by atoms with E-state index >= 15 is 0 Å². The molecular weight excluding hydrogens is 350 g/mol. The summed E-state index contributed by atoms with van der Waals surface area (Å²) in [7, 11) is 1.87. The number of carbonyl (C=O) groups excluding carboxylic acids is 2. The van der Waals surface area contributed by atoms with E-state index in [9.17, 15) is 9.59 Å². The summed E-state index contributed by atoms with van der Waals surface area (Å²) in [4.78, 5) is 29.3. The van der Waals surface area contributed by atoms with E-state index in [0.29, 0.717) is 36.6 Å². The number of para-hydroxylation sites is 1. The van der Waals surface area contributed by atoms with Crippen molar-refractivity contribution in [1.29, 1.82) is 0 Å². The zero-order valence-corrected chi connectivity index (χ0v) is 16.4. The molecule has 3 rings (SSSR count). The Labute approximate surface area is 159 Å². The largest absolute Gasteiger partial charge is 0.343 e. The van der Waals surface area contributed by atoms with Gasteiger partial charge in [0, 0.05) is 50.0 Å². The topological polar surface area (TPSA) is 45.6 Å². The van der Waals surface area contributed by atoms with Gasteiger partial charge in [-0.25, -0.2) is 0 Å². The predicted octanol–water partition coefficient (Wildman–Crippen LogP) is 3.55. The fourth-order valence-corrected chi connectivity index (χ4v) is 4.22. The van der Waals surface area contributed by atoms with Crippen LogP contribution in [0.25, 0.3) is 10.9 Å². The van der Waals surface area contributed by atoms with E-state index in [-0.39, 0.29) is 17.7 Å². The van der Waals surface area contributed by atoms with Crippen LogP contribution in [-0.2, 0) is 11.8 Å². The fraction of sp³-hybridized carbons (Fsp3) is 0.500. The smallest absolute Gasteiger partial charge is 0.272 e. The third kappa shape index (κ3) is 3.20. The monoisotopic (exact) mass is 375 g/mol. The number of hydrogen-bond acceptors (Lipinski definition) is 2. The molecule has 5 nitrogen and oxygen atoms in total. The molecule has 1 aromatic heterocycles. The number of aryl methyl sites for hydroxylation is 1. The lowest BCUT2D eigenvalue weighted by Crippen LogP contribution is -2.44. The molecule has 0 aliphatic carbocycles. The number of halogens is 1. The average molecular weight is 376 g/mol. The van der Waals surface area contributed by atoms with E-state index in [1.165, 1.54) is 0 Å². The maximum atomic E-state index is 13.1. The zero-order chi connectivity index (χ0) is 18.8. The number of rotatable bonds is 4. The molecule has 6 heteroatoms. The number of benzene rings is 1. The molecule has 1 saturated heterocycles. The molecule has 0 spiro atoms. The molecule has 1 aromatic carbocycles. The van der Waals surface area contributed by atoms with Crippen LogP contribution in [0.15, 0.2) is 24.3 Å². The van der Waals surface area contributed by atoms with Gasteiger partial charge in [-0.05, 0) is 32.8 Å². The first-order chi connectivity index (χ1) is 12.5. The van der Waals surface area contributed by atoms with E-state index < -0.39 is 0 Å². The first-order valence-corrected chi connectivity index (χ1v) is 9.68. The summed E-state index contributed by atoms with van der Waals surface area (Å²) in [6.45, 7) is 6.66. The second kappa shape index (κ2) is 7.70. The van der Waals surface area contributed by atoms with E-state index in [2.05, 4.69) is 0 Å². The molecule has 0 saturated carbocycles. The van der Waals surface area contributed by atoms with Crippen LogP contribution >= 0.6 is 11.6 Å². The van der Waals surface area contributed by atoms with Gasteiger partial charge in [0.1, 0.15) is 5.69 Å². The van der Waals surface area contributed by atoms with Gasteiger partial charge in [0.2, 0.25) is 5.91 Å². The Bertz CT molecular complexity index is 779. The lowest BCUT2D eigenvalue weighted by molar-refractivity contribution is -0.136. The fourth-order valence-electron chi connectivity index (χ4n) is 3.86. The molecule has 1 aliphatic heterocycles. The van der Waals surface area contributed by atoms with E-state index in [0.717, 1.165) is 24.0 Å². The summed E-state index contributed by atoms with van der Waals surface area (Å²) in [6.07, 6.45) is 1.42. The first kappa shape index (κ1) is 18.8. The van der Waals surface area contributed by atoms with E-state index in [1.807, 2.05) is 59.5 Å². The summed E-state index contributed by atoms with van der Waals surface area (Å²) < 4.78 is 1.87. The van der Waals surface area contributed by atoms with Crippen molar-refractivity contribution in [2.45, 2.75) is 26.7 Å². The van der Waals surface area contributed by atoms with Crippen molar-refractivity contribution < 1.29 is 9.59 Å². The number of nitrogens with zero attached hydrogens (tertiary/aromatic N) is 3. The molecule has 1 fully saturated rings. The van der Waals surface area contributed by atoms with Gasteiger partial charge < -0.3 is 14.4 Å². The molecule has 26 heavy (non-hydrogen) atoms. The number of likely N-dealkylation sites (tertiary alicyclic amines) is 1. The van der Waals surface area contributed by atoms with Gasteiger partial charge in [-0.3, -0.25) is 9.59 Å². The van der Waals surface area contributed by atoms with Crippen molar-refractivity contribution in [3.63, 3.8) is 0 Å². The van der Waals surface area contributed by atoms with Gasteiger partial charge in [-0.2, -0.15) is 0 Å². The Hall–Kier alpha value is -2.01. The van der Waals surface area contributed by atoms with Crippen LogP contribution in [-0.4, -0.2) is 52.4 Å². The molecule has 0 atom stereocenters. The molecular formula is C20H26ClN3O2. The van der Waals surface area contributed by atoms with Crippen molar-refractivity contribution in [2.24, 2.45) is 13.0 Å². The van der Waals surface area contributed by atoms with Gasteiger partial charge in [0.15, 0.2) is 0 Å². The zero-order valence-electron chi connectivity index (χ0n) is 15.7. The number of piperidine rings is 1. The third-order valence-electron chi connectivity index (χ3n) is 5.45. The second-order valence-corrected chi connectivity index (χ2v) is 7.19. The number of amides is 2. The second-order valence-electron chi connectivity index (χ2n) is 6.82. The Morgan fingerprint density at radius 3 is 2.35 bits per heavy atom. The summed E-state index contributed by atoms with van der Waals surface area (Å²) in [5.74, 6) is 0.175. The van der Waals surface area contributed by atoms with Crippen LogP contribution in [0, 0.1) is 5.92 Å². The SMILES string of the molecule is CCN(CC)C(=O)C1CCN(C(=O)c2c(Cl)c3ccccc3n2C)CC1. The van der Waals surface area contributed by atoms with E-state index in [4.69, 9.17) is 11.6 Å².